The van der Waals surface area contributed by atoms with Crippen molar-refractivity contribution in [1.29, 1.82) is 0 Å². The molecule has 0 saturated heterocycles. The summed E-state index contributed by atoms with van der Waals surface area (Å²) in [7, 11) is 2.02. The molecular formula is C20H23N3O. The van der Waals surface area contributed by atoms with Crippen molar-refractivity contribution in [1.82, 2.24) is 14.7 Å². The van der Waals surface area contributed by atoms with E-state index in [2.05, 4.69) is 36.4 Å². The number of aryl methyl sites for hydroxylation is 1. The minimum Gasteiger partial charge on any atom is -0.342 e. The van der Waals surface area contributed by atoms with Gasteiger partial charge in [-0.3, -0.25) is 9.48 Å². The number of nitrogens with zero attached hydrogens (tertiary/aromatic N) is 3. The van der Waals surface area contributed by atoms with Crippen molar-refractivity contribution < 1.29 is 4.79 Å². The molecule has 1 aliphatic carbocycles. The average molecular weight is 321 g/mol. The Bertz CT molecular complexity index is 768. The quantitative estimate of drug-likeness (QED) is 0.798. The molecule has 0 fully saturated rings. The predicted molar refractivity (Wildman–Crippen MR) is 94.5 cm³/mol. The monoisotopic (exact) mass is 321 g/mol. The van der Waals surface area contributed by atoms with Gasteiger partial charge in [0.25, 0.3) is 0 Å². The van der Waals surface area contributed by atoms with Gasteiger partial charge in [-0.2, -0.15) is 5.10 Å². The van der Waals surface area contributed by atoms with E-state index in [1.807, 2.05) is 22.7 Å². The summed E-state index contributed by atoms with van der Waals surface area (Å²) >= 11 is 0. The highest BCUT2D eigenvalue weighted by Crippen LogP contribution is 2.29. The van der Waals surface area contributed by atoms with Crippen LogP contribution in [0.4, 0.5) is 0 Å². The van der Waals surface area contributed by atoms with E-state index in [1.165, 1.54) is 16.8 Å². The molecule has 0 saturated carbocycles. The molecule has 24 heavy (non-hydrogen) atoms. The molecule has 4 heteroatoms. The summed E-state index contributed by atoms with van der Waals surface area (Å²) in [6, 6.07) is 10.4. The second-order valence-corrected chi connectivity index (χ2v) is 6.73. The number of amides is 1. The second kappa shape index (κ2) is 6.27. The number of carbonyl (C=O) groups excluding carboxylic acids is 1. The first-order valence-electron chi connectivity index (χ1n) is 8.78. The van der Waals surface area contributed by atoms with Crippen LogP contribution in [0.15, 0.2) is 42.5 Å². The molecule has 4 rings (SSSR count). The van der Waals surface area contributed by atoms with Crippen molar-refractivity contribution in [2.45, 2.75) is 25.7 Å². The molecule has 1 amide bonds. The van der Waals surface area contributed by atoms with Gasteiger partial charge in [-0.15, -0.1) is 0 Å². The molecule has 2 aliphatic rings. The molecule has 1 aliphatic heterocycles. The average Bonchev–Trinajstić information content (AvgIpc) is 3.19. The lowest BCUT2D eigenvalue weighted by Crippen LogP contribution is -2.37. The number of hydrogen-bond donors (Lipinski definition) is 0. The van der Waals surface area contributed by atoms with E-state index in [0.717, 1.165) is 44.5 Å². The number of rotatable bonds is 2. The van der Waals surface area contributed by atoms with Gasteiger partial charge in [0.2, 0.25) is 5.91 Å². The largest absolute Gasteiger partial charge is 0.342 e. The fraction of sp³-hybridized carbons (Fsp3) is 0.400. The van der Waals surface area contributed by atoms with Crippen molar-refractivity contribution in [2.24, 2.45) is 13.0 Å². The fourth-order valence-electron chi connectivity index (χ4n) is 3.94. The molecule has 0 bridgehead atoms. The van der Waals surface area contributed by atoms with Gasteiger partial charge < -0.3 is 4.90 Å². The lowest BCUT2D eigenvalue weighted by atomic mass is 10.0. The van der Waals surface area contributed by atoms with Crippen LogP contribution in [0.25, 0.3) is 11.3 Å². The van der Waals surface area contributed by atoms with Crippen LogP contribution in [0.2, 0.25) is 0 Å². The number of carbonyl (C=O) groups is 1. The smallest absolute Gasteiger partial charge is 0.226 e. The Morgan fingerprint density at radius 2 is 1.79 bits per heavy atom. The zero-order valence-corrected chi connectivity index (χ0v) is 14.1. The Hall–Kier alpha value is -2.36. The number of allylic oxidation sites excluding steroid dienone is 2. The van der Waals surface area contributed by atoms with Crippen LogP contribution >= 0.6 is 0 Å². The third-order valence-electron chi connectivity index (χ3n) is 5.19. The molecule has 2 heterocycles. The Labute approximate surface area is 142 Å². The van der Waals surface area contributed by atoms with E-state index in [9.17, 15) is 4.79 Å². The van der Waals surface area contributed by atoms with Crippen molar-refractivity contribution in [2.75, 3.05) is 13.1 Å². The molecule has 0 spiro atoms. The highest BCUT2D eigenvalue weighted by atomic mass is 16.2. The standard InChI is InChI=1S/C20H23N3O/c1-22-19(15-7-3-2-4-8-15)17-11-13-23(14-12-18(17)21-22)20(24)16-9-5-6-10-16/h2-8,16H,9-14H2,1H3. The van der Waals surface area contributed by atoms with Gasteiger partial charge in [-0.05, 0) is 19.3 Å². The number of aromatic nitrogens is 2. The zero-order chi connectivity index (χ0) is 16.5. The Kier molecular flexibility index (Phi) is 3.97. The van der Waals surface area contributed by atoms with Crippen molar-refractivity contribution in [3.8, 4) is 11.3 Å². The lowest BCUT2D eigenvalue weighted by Gasteiger charge is -2.24. The Balaban J connectivity index is 1.58. The summed E-state index contributed by atoms with van der Waals surface area (Å²) in [5.41, 5.74) is 4.86. The van der Waals surface area contributed by atoms with Crippen LogP contribution < -0.4 is 0 Å². The van der Waals surface area contributed by atoms with Crippen molar-refractivity contribution in [3.63, 3.8) is 0 Å². The van der Waals surface area contributed by atoms with Gasteiger partial charge in [0.15, 0.2) is 0 Å². The second-order valence-electron chi connectivity index (χ2n) is 6.73. The SMILES string of the molecule is Cn1nc2c(c1-c1ccccc1)CCN(C(=O)C1CC=CC1)CC2. The first kappa shape index (κ1) is 15.2. The number of hydrogen-bond acceptors (Lipinski definition) is 2. The van der Waals surface area contributed by atoms with Crippen molar-refractivity contribution >= 4 is 5.91 Å². The minimum atomic E-state index is 0.162. The summed E-state index contributed by atoms with van der Waals surface area (Å²) in [6.07, 6.45) is 7.80. The van der Waals surface area contributed by atoms with Crippen LogP contribution in [0.5, 0.6) is 0 Å². The van der Waals surface area contributed by atoms with Crippen molar-refractivity contribution in [3.05, 3.63) is 53.7 Å². The lowest BCUT2D eigenvalue weighted by molar-refractivity contribution is -0.135. The molecule has 1 aromatic carbocycles. The van der Waals surface area contributed by atoms with E-state index >= 15 is 0 Å². The first-order chi connectivity index (χ1) is 11.7. The van der Waals surface area contributed by atoms with Gasteiger partial charge in [0, 0.05) is 43.6 Å². The van der Waals surface area contributed by atoms with E-state index < -0.39 is 0 Å². The zero-order valence-electron chi connectivity index (χ0n) is 14.1. The number of fused-ring (bicyclic) bond motifs is 1. The Morgan fingerprint density at radius 3 is 2.54 bits per heavy atom. The van der Waals surface area contributed by atoms with Gasteiger partial charge in [-0.1, -0.05) is 42.5 Å². The molecule has 0 atom stereocenters. The van der Waals surface area contributed by atoms with Crippen LogP contribution in [0.1, 0.15) is 24.1 Å². The summed E-state index contributed by atoms with van der Waals surface area (Å²) in [5, 5.41) is 4.75. The van der Waals surface area contributed by atoms with Gasteiger partial charge in [0.05, 0.1) is 11.4 Å². The molecule has 124 valence electrons. The predicted octanol–water partition coefficient (Wildman–Crippen LogP) is 2.98. The third kappa shape index (κ3) is 2.66. The first-order valence-corrected chi connectivity index (χ1v) is 8.78. The maximum Gasteiger partial charge on any atom is 0.226 e. The molecule has 1 aromatic heterocycles. The van der Waals surface area contributed by atoms with E-state index in [0.29, 0.717) is 5.91 Å². The summed E-state index contributed by atoms with van der Waals surface area (Å²) in [5.74, 6) is 0.478. The third-order valence-corrected chi connectivity index (χ3v) is 5.19. The molecule has 0 unspecified atom stereocenters. The summed E-state index contributed by atoms with van der Waals surface area (Å²) in [4.78, 5) is 14.8. The minimum absolute atomic E-state index is 0.162. The molecule has 0 radical (unpaired) electrons. The Morgan fingerprint density at radius 1 is 1.08 bits per heavy atom. The van der Waals surface area contributed by atoms with Gasteiger partial charge in [-0.25, -0.2) is 0 Å². The van der Waals surface area contributed by atoms with E-state index in [4.69, 9.17) is 5.10 Å². The van der Waals surface area contributed by atoms with E-state index in [-0.39, 0.29) is 5.92 Å². The van der Waals surface area contributed by atoms with Gasteiger partial charge in [0.1, 0.15) is 0 Å². The van der Waals surface area contributed by atoms with Crippen LogP contribution in [0, 0.1) is 5.92 Å². The molecular weight excluding hydrogens is 298 g/mol. The maximum atomic E-state index is 12.7. The highest BCUT2D eigenvalue weighted by molar-refractivity contribution is 5.80. The number of benzene rings is 1. The fourth-order valence-corrected chi connectivity index (χ4v) is 3.94. The maximum absolute atomic E-state index is 12.7. The summed E-state index contributed by atoms with van der Waals surface area (Å²) in [6.45, 7) is 1.58. The van der Waals surface area contributed by atoms with Gasteiger partial charge >= 0.3 is 0 Å². The van der Waals surface area contributed by atoms with Crippen LogP contribution in [0.3, 0.4) is 0 Å². The van der Waals surface area contributed by atoms with E-state index in [1.54, 1.807) is 0 Å². The summed E-state index contributed by atoms with van der Waals surface area (Å²) < 4.78 is 2.00. The normalized spacial score (nSPS) is 17.8. The van der Waals surface area contributed by atoms with Crippen LogP contribution in [-0.4, -0.2) is 33.7 Å². The highest BCUT2D eigenvalue weighted by Gasteiger charge is 2.28. The molecule has 4 nitrogen and oxygen atoms in total. The molecule has 0 N–H and O–H groups in total. The molecule has 2 aromatic rings. The van der Waals surface area contributed by atoms with Crippen LogP contribution in [-0.2, 0) is 24.7 Å². The topological polar surface area (TPSA) is 38.1 Å².